The maximum atomic E-state index is 11.5. The number of H-pyrrole nitrogens is 2. The molecule has 0 fully saturated rings. The fourth-order valence-electron chi connectivity index (χ4n) is 2.84. The minimum Gasteiger partial charge on any atom is -0.477 e. The fraction of sp³-hybridized carbons (Fsp3) is 0.0909. The minimum atomic E-state index is -1.00. The van der Waals surface area contributed by atoms with E-state index in [1.807, 2.05) is 6.07 Å². The van der Waals surface area contributed by atoms with E-state index < -0.39 is 5.97 Å². The summed E-state index contributed by atoms with van der Waals surface area (Å²) in [7, 11) is 0. The molecule has 30 heavy (non-hydrogen) atoms. The number of ether oxygens (including phenoxy) is 1. The molecule has 0 bridgehead atoms. The first-order valence-electron chi connectivity index (χ1n) is 8.91. The van der Waals surface area contributed by atoms with Crippen LogP contribution >= 0.6 is 0 Å². The number of nitriles is 2. The molecule has 0 aliphatic heterocycles. The van der Waals surface area contributed by atoms with Crippen LogP contribution in [-0.2, 0) is 4.74 Å². The first-order chi connectivity index (χ1) is 14.4. The molecule has 148 valence electrons. The Bertz CT molecular complexity index is 1330. The Hall–Kier alpha value is -4.56. The molecular formula is C22H16N4O4. The maximum absolute atomic E-state index is 11.5. The zero-order valence-corrected chi connectivity index (χ0v) is 15.9. The second-order valence-corrected chi connectivity index (χ2v) is 6.22. The number of aromatic amines is 2. The van der Waals surface area contributed by atoms with Crippen LogP contribution in [0.5, 0.6) is 0 Å². The number of carboxylic acids is 1. The van der Waals surface area contributed by atoms with Gasteiger partial charge in [-0.25, -0.2) is 9.59 Å². The van der Waals surface area contributed by atoms with Crippen LogP contribution < -0.4 is 0 Å². The van der Waals surface area contributed by atoms with Gasteiger partial charge in [0.15, 0.2) is 0 Å². The number of rotatable bonds is 3. The predicted molar refractivity (Wildman–Crippen MR) is 109 cm³/mol. The van der Waals surface area contributed by atoms with Crippen LogP contribution in [0.3, 0.4) is 0 Å². The summed E-state index contributed by atoms with van der Waals surface area (Å²) in [5.41, 5.74) is 3.18. The van der Waals surface area contributed by atoms with Crippen molar-refractivity contribution in [1.29, 1.82) is 10.5 Å². The molecule has 2 aromatic carbocycles. The molecule has 2 aromatic heterocycles. The van der Waals surface area contributed by atoms with E-state index in [9.17, 15) is 9.59 Å². The third kappa shape index (κ3) is 4.29. The molecule has 0 unspecified atom stereocenters. The number of esters is 1. The van der Waals surface area contributed by atoms with E-state index in [-0.39, 0.29) is 11.7 Å². The lowest BCUT2D eigenvalue weighted by molar-refractivity contribution is 0.0520. The molecule has 4 aromatic rings. The quantitative estimate of drug-likeness (QED) is 0.444. The summed E-state index contributed by atoms with van der Waals surface area (Å²) in [5, 5.41) is 27.7. The van der Waals surface area contributed by atoms with Gasteiger partial charge >= 0.3 is 11.9 Å². The normalized spacial score (nSPS) is 9.97. The van der Waals surface area contributed by atoms with Crippen molar-refractivity contribution in [2.45, 2.75) is 6.92 Å². The third-order valence-corrected chi connectivity index (χ3v) is 4.23. The number of carboxylic acid groups (broad SMARTS) is 1. The van der Waals surface area contributed by atoms with Gasteiger partial charge in [0.1, 0.15) is 11.4 Å². The van der Waals surface area contributed by atoms with Crippen molar-refractivity contribution < 1.29 is 19.4 Å². The van der Waals surface area contributed by atoms with Gasteiger partial charge in [-0.2, -0.15) is 10.5 Å². The van der Waals surface area contributed by atoms with E-state index in [1.165, 1.54) is 6.07 Å². The number of fused-ring (bicyclic) bond motifs is 2. The van der Waals surface area contributed by atoms with Gasteiger partial charge in [-0.15, -0.1) is 0 Å². The summed E-state index contributed by atoms with van der Waals surface area (Å²) in [4.78, 5) is 27.8. The molecule has 0 aliphatic rings. The van der Waals surface area contributed by atoms with Gasteiger partial charge in [0.05, 0.1) is 29.9 Å². The van der Waals surface area contributed by atoms with Gasteiger partial charge in [0, 0.05) is 21.8 Å². The molecule has 0 spiro atoms. The number of aromatic nitrogens is 2. The van der Waals surface area contributed by atoms with Crippen LogP contribution in [0.4, 0.5) is 0 Å². The van der Waals surface area contributed by atoms with E-state index in [2.05, 4.69) is 16.0 Å². The topological polar surface area (TPSA) is 143 Å². The monoisotopic (exact) mass is 400 g/mol. The second-order valence-electron chi connectivity index (χ2n) is 6.22. The van der Waals surface area contributed by atoms with Gasteiger partial charge < -0.3 is 19.8 Å². The Morgan fingerprint density at radius 1 is 0.900 bits per heavy atom. The molecule has 8 heteroatoms. The van der Waals surface area contributed by atoms with Crippen molar-refractivity contribution in [3.05, 3.63) is 71.0 Å². The lowest BCUT2D eigenvalue weighted by Gasteiger charge is -1.96. The Morgan fingerprint density at radius 3 is 1.87 bits per heavy atom. The minimum absolute atomic E-state index is 0.134. The maximum Gasteiger partial charge on any atom is 0.354 e. The van der Waals surface area contributed by atoms with Crippen molar-refractivity contribution in [2.75, 3.05) is 6.61 Å². The highest BCUT2D eigenvalue weighted by Crippen LogP contribution is 2.18. The van der Waals surface area contributed by atoms with Crippen molar-refractivity contribution in [2.24, 2.45) is 0 Å². The number of nitrogens with one attached hydrogen (secondary N) is 2. The van der Waals surface area contributed by atoms with Crippen molar-refractivity contribution >= 4 is 33.7 Å². The molecule has 2 heterocycles. The van der Waals surface area contributed by atoms with Crippen LogP contribution in [0, 0.1) is 22.7 Å². The Labute approximate surface area is 170 Å². The third-order valence-electron chi connectivity index (χ3n) is 4.23. The fourth-order valence-corrected chi connectivity index (χ4v) is 2.84. The molecule has 0 saturated carbocycles. The lowest BCUT2D eigenvalue weighted by atomic mass is 10.2. The summed E-state index contributed by atoms with van der Waals surface area (Å²) < 4.78 is 4.88. The largest absolute Gasteiger partial charge is 0.477 e. The number of carbonyl (C=O) groups is 2. The highest BCUT2D eigenvalue weighted by Gasteiger charge is 2.10. The summed E-state index contributed by atoms with van der Waals surface area (Å²) in [5.74, 6) is -1.38. The van der Waals surface area contributed by atoms with E-state index >= 15 is 0 Å². The number of hydrogen-bond acceptors (Lipinski definition) is 5. The van der Waals surface area contributed by atoms with E-state index in [0.29, 0.717) is 23.4 Å². The van der Waals surface area contributed by atoms with Crippen molar-refractivity contribution in [3.8, 4) is 12.1 Å². The highest BCUT2D eigenvalue weighted by molar-refractivity contribution is 5.95. The standard InChI is InChI=1S/C12H10N2O2.C10H6N2O2/c1-2-16-12(15)11-6-9-5-8(7-13)3-4-10(9)14-11;11-5-6-1-2-8-7(3-6)4-9(12-8)10(13)14/h3-6,14H,2H2,1H3;1-4,12H,(H,13,14). The van der Waals surface area contributed by atoms with Crippen LogP contribution in [0.2, 0.25) is 0 Å². The summed E-state index contributed by atoms with van der Waals surface area (Å²) in [6.07, 6.45) is 0. The highest BCUT2D eigenvalue weighted by atomic mass is 16.5. The Kier molecular flexibility index (Phi) is 5.81. The van der Waals surface area contributed by atoms with Gasteiger partial charge in [-0.3, -0.25) is 0 Å². The summed E-state index contributed by atoms with van der Waals surface area (Å²) in [6.45, 7) is 2.10. The molecule has 0 aliphatic carbocycles. The molecule has 0 saturated heterocycles. The molecule has 0 atom stereocenters. The van der Waals surface area contributed by atoms with E-state index in [1.54, 1.807) is 49.4 Å². The molecule has 8 nitrogen and oxygen atoms in total. The van der Waals surface area contributed by atoms with Gasteiger partial charge in [0.2, 0.25) is 0 Å². The average molecular weight is 400 g/mol. The smallest absolute Gasteiger partial charge is 0.354 e. The first kappa shape index (κ1) is 20.2. The first-order valence-corrected chi connectivity index (χ1v) is 8.91. The second kappa shape index (κ2) is 8.63. The Morgan fingerprint density at radius 2 is 1.40 bits per heavy atom. The van der Waals surface area contributed by atoms with Crippen molar-refractivity contribution in [1.82, 2.24) is 9.97 Å². The SMILES string of the molecule is CCOC(=O)c1cc2cc(C#N)ccc2[nH]1.N#Cc1ccc2[nH]c(C(=O)O)cc2c1. The lowest BCUT2D eigenvalue weighted by Crippen LogP contribution is -2.04. The number of hydrogen-bond donors (Lipinski definition) is 3. The van der Waals surface area contributed by atoms with Gasteiger partial charge in [-0.1, -0.05) is 0 Å². The number of aromatic carboxylic acids is 1. The van der Waals surface area contributed by atoms with E-state index in [4.69, 9.17) is 20.4 Å². The molecule has 3 N–H and O–H groups in total. The summed E-state index contributed by atoms with van der Waals surface area (Å²) >= 11 is 0. The average Bonchev–Trinajstić information content (AvgIpc) is 3.37. The Balaban J connectivity index is 0.000000172. The summed E-state index contributed by atoms with van der Waals surface area (Å²) in [6, 6.07) is 17.4. The molecule has 0 radical (unpaired) electrons. The number of carbonyl (C=O) groups excluding carboxylic acids is 1. The van der Waals surface area contributed by atoms with Crippen LogP contribution in [0.1, 0.15) is 39.0 Å². The van der Waals surface area contributed by atoms with Crippen LogP contribution in [0.25, 0.3) is 21.8 Å². The van der Waals surface area contributed by atoms with Crippen LogP contribution in [-0.4, -0.2) is 33.6 Å². The zero-order chi connectivity index (χ0) is 21.7. The van der Waals surface area contributed by atoms with Crippen molar-refractivity contribution in [3.63, 3.8) is 0 Å². The number of benzene rings is 2. The van der Waals surface area contributed by atoms with Gasteiger partial charge in [0.25, 0.3) is 0 Å². The number of nitrogens with zero attached hydrogens (tertiary/aromatic N) is 2. The predicted octanol–water partition coefficient (Wildman–Crippen LogP) is 3.95. The molecule has 4 rings (SSSR count). The molecular weight excluding hydrogens is 384 g/mol. The molecule has 0 amide bonds. The van der Waals surface area contributed by atoms with Crippen LogP contribution in [0.15, 0.2) is 48.5 Å². The van der Waals surface area contributed by atoms with Gasteiger partial charge in [-0.05, 0) is 55.5 Å². The zero-order valence-electron chi connectivity index (χ0n) is 15.9. The van der Waals surface area contributed by atoms with E-state index in [0.717, 1.165) is 21.8 Å².